The van der Waals surface area contributed by atoms with Crippen molar-refractivity contribution in [2.24, 2.45) is 11.3 Å². The molecule has 80 valence electrons. The summed E-state index contributed by atoms with van der Waals surface area (Å²) in [4.78, 5) is 0. The first kappa shape index (κ1) is 13.0. The van der Waals surface area contributed by atoms with Crippen molar-refractivity contribution in [3.05, 3.63) is 0 Å². The zero-order valence-electron chi connectivity index (χ0n) is 10.1. The molecule has 0 spiro atoms. The van der Waals surface area contributed by atoms with E-state index in [4.69, 9.17) is 0 Å². The molecule has 1 heteroatoms. The van der Waals surface area contributed by atoms with Crippen LogP contribution < -0.4 is 5.32 Å². The van der Waals surface area contributed by atoms with E-state index in [2.05, 4.69) is 39.9 Å². The van der Waals surface area contributed by atoms with E-state index < -0.39 is 0 Å². The third-order valence-electron chi connectivity index (χ3n) is 2.63. The number of rotatable bonds is 7. The van der Waals surface area contributed by atoms with E-state index in [1.807, 2.05) is 0 Å². The Hall–Kier alpha value is -0.0400. The second-order valence-electron chi connectivity index (χ2n) is 5.06. The minimum atomic E-state index is 0.463. The largest absolute Gasteiger partial charge is 0.316 e. The van der Waals surface area contributed by atoms with Gasteiger partial charge in [-0.2, -0.15) is 0 Å². The predicted octanol–water partition coefficient (Wildman–Crippen LogP) is 3.45. The SMILES string of the molecule is CCCNCC(C)(C)CC(C)CC. The topological polar surface area (TPSA) is 12.0 Å². The average Bonchev–Trinajstić information content (AvgIpc) is 2.03. The maximum Gasteiger partial charge on any atom is 0.000261 e. The first-order chi connectivity index (χ1) is 6.02. The van der Waals surface area contributed by atoms with Gasteiger partial charge in [-0.15, -0.1) is 0 Å². The number of hydrogen-bond acceptors (Lipinski definition) is 1. The van der Waals surface area contributed by atoms with Gasteiger partial charge in [-0.3, -0.25) is 0 Å². The van der Waals surface area contributed by atoms with Crippen molar-refractivity contribution in [2.45, 2.75) is 53.9 Å². The van der Waals surface area contributed by atoms with Gasteiger partial charge in [0.1, 0.15) is 0 Å². The van der Waals surface area contributed by atoms with Crippen LogP contribution >= 0.6 is 0 Å². The van der Waals surface area contributed by atoms with Crippen LogP contribution in [0, 0.1) is 11.3 Å². The zero-order chi connectivity index (χ0) is 10.3. The van der Waals surface area contributed by atoms with E-state index in [9.17, 15) is 0 Å². The normalized spacial score (nSPS) is 14.5. The summed E-state index contributed by atoms with van der Waals surface area (Å²) in [6, 6.07) is 0. The molecule has 0 heterocycles. The maximum absolute atomic E-state index is 3.50. The summed E-state index contributed by atoms with van der Waals surface area (Å²) in [5, 5.41) is 3.50. The lowest BCUT2D eigenvalue weighted by molar-refractivity contribution is 0.261. The van der Waals surface area contributed by atoms with Crippen LogP contribution in [0.15, 0.2) is 0 Å². The van der Waals surface area contributed by atoms with Gasteiger partial charge in [-0.25, -0.2) is 0 Å². The smallest absolute Gasteiger partial charge is 0.000261 e. The van der Waals surface area contributed by atoms with Gasteiger partial charge < -0.3 is 5.32 Å². The average molecular weight is 185 g/mol. The molecule has 0 aromatic rings. The lowest BCUT2D eigenvalue weighted by atomic mass is 9.82. The molecule has 0 amide bonds. The second-order valence-corrected chi connectivity index (χ2v) is 5.06. The highest BCUT2D eigenvalue weighted by molar-refractivity contribution is 4.73. The van der Waals surface area contributed by atoms with Crippen molar-refractivity contribution in [3.63, 3.8) is 0 Å². The maximum atomic E-state index is 3.50. The van der Waals surface area contributed by atoms with Crippen LogP contribution in [-0.2, 0) is 0 Å². The van der Waals surface area contributed by atoms with Crippen molar-refractivity contribution < 1.29 is 0 Å². The first-order valence-electron chi connectivity index (χ1n) is 5.72. The van der Waals surface area contributed by atoms with Gasteiger partial charge in [0, 0.05) is 6.54 Å². The molecule has 0 aromatic carbocycles. The molecule has 0 aromatic heterocycles. The van der Waals surface area contributed by atoms with Gasteiger partial charge >= 0.3 is 0 Å². The molecule has 0 saturated carbocycles. The van der Waals surface area contributed by atoms with Crippen molar-refractivity contribution in [2.75, 3.05) is 13.1 Å². The van der Waals surface area contributed by atoms with Crippen LogP contribution in [0.25, 0.3) is 0 Å². The van der Waals surface area contributed by atoms with Crippen molar-refractivity contribution in [1.29, 1.82) is 0 Å². The summed E-state index contributed by atoms with van der Waals surface area (Å²) in [6.45, 7) is 13.9. The van der Waals surface area contributed by atoms with Crippen LogP contribution in [0.3, 0.4) is 0 Å². The summed E-state index contributed by atoms with van der Waals surface area (Å²) in [6.07, 6.45) is 3.87. The predicted molar refractivity (Wildman–Crippen MR) is 61.0 cm³/mol. The fourth-order valence-corrected chi connectivity index (χ4v) is 1.76. The highest BCUT2D eigenvalue weighted by Gasteiger charge is 2.19. The molecular formula is C12H27N. The lowest BCUT2D eigenvalue weighted by Crippen LogP contribution is -2.31. The molecule has 1 unspecified atom stereocenters. The summed E-state index contributed by atoms with van der Waals surface area (Å²) in [5.41, 5.74) is 0.463. The van der Waals surface area contributed by atoms with Crippen molar-refractivity contribution >= 4 is 0 Å². The van der Waals surface area contributed by atoms with Gasteiger partial charge in [-0.05, 0) is 30.7 Å². The van der Waals surface area contributed by atoms with E-state index in [1.54, 1.807) is 0 Å². The molecular weight excluding hydrogens is 158 g/mol. The fourth-order valence-electron chi connectivity index (χ4n) is 1.76. The molecule has 0 radical (unpaired) electrons. The Kier molecular flexibility index (Phi) is 6.40. The second kappa shape index (κ2) is 6.42. The molecule has 0 rings (SSSR count). The molecule has 0 aliphatic carbocycles. The van der Waals surface area contributed by atoms with E-state index in [0.717, 1.165) is 19.0 Å². The Bertz CT molecular complexity index is 118. The quantitative estimate of drug-likeness (QED) is 0.599. The highest BCUT2D eigenvalue weighted by atomic mass is 14.9. The molecule has 13 heavy (non-hydrogen) atoms. The zero-order valence-corrected chi connectivity index (χ0v) is 10.1. The Labute approximate surface area is 84.3 Å². The van der Waals surface area contributed by atoms with Crippen molar-refractivity contribution in [1.82, 2.24) is 5.32 Å². The van der Waals surface area contributed by atoms with E-state index in [0.29, 0.717) is 5.41 Å². The molecule has 0 bridgehead atoms. The molecule has 0 fully saturated rings. The van der Waals surface area contributed by atoms with Crippen LogP contribution in [-0.4, -0.2) is 13.1 Å². The molecule has 1 nitrogen and oxygen atoms in total. The van der Waals surface area contributed by atoms with Gasteiger partial charge in [0.05, 0.1) is 0 Å². The minimum absolute atomic E-state index is 0.463. The number of nitrogens with one attached hydrogen (secondary N) is 1. The van der Waals surface area contributed by atoms with Gasteiger partial charge in [0.2, 0.25) is 0 Å². The Balaban J connectivity index is 3.65. The molecule has 0 aliphatic rings. The minimum Gasteiger partial charge on any atom is -0.316 e. The number of hydrogen-bond donors (Lipinski definition) is 1. The summed E-state index contributed by atoms with van der Waals surface area (Å²) < 4.78 is 0. The summed E-state index contributed by atoms with van der Waals surface area (Å²) in [5.74, 6) is 0.860. The Morgan fingerprint density at radius 3 is 2.31 bits per heavy atom. The van der Waals surface area contributed by atoms with Crippen LogP contribution in [0.4, 0.5) is 0 Å². The standard InChI is InChI=1S/C12H27N/c1-6-8-13-10-12(4,5)9-11(3)7-2/h11,13H,6-10H2,1-5H3. The van der Waals surface area contributed by atoms with Gasteiger partial charge in [0.25, 0.3) is 0 Å². The van der Waals surface area contributed by atoms with Crippen LogP contribution in [0.5, 0.6) is 0 Å². The molecule has 0 saturated heterocycles. The van der Waals surface area contributed by atoms with Crippen molar-refractivity contribution in [3.8, 4) is 0 Å². The Morgan fingerprint density at radius 1 is 1.23 bits per heavy atom. The monoisotopic (exact) mass is 185 g/mol. The fraction of sp³-hybridized carbons (Fsp3) is 1.00. The van der Waals surface area contributed by atoms with Crippen LogP contribution in [0.2, 0.25) is 0 Å². The molecule has 1 atom stereocenters. The summed E-state index contributed by atoms with van der Waals surface area (Å²) >= 11 is 0. The lowest BCUT2D eigenvalue weighted by Gasteiger charge is -2.28. The van der Waals surface area contributed by atoms with Gasteiger partial charge in [0.15, 0.2) is 0 Å². The molecule has 1 N–H and O–H groups in total. The summed E-state index contributed by atoms with van der Waals surface area (Å²) in [7, 11) is 0. The molecule has 0 aliphatic heterocycles. The van der Waals surface area contributed by atoms with E-state index >= 15 is 0 Å². The van der Waals surface area contributed by atoms with E-state index in [-0.39, 0.29) is 0 Å². The first-order valence-corrected chi connectivity index (χ1v) is 5.72. The van der Waals surface area contributed by atoms with Crippen LogP contribution in [0.1, 0.15) is 53.9 Å². The van der Waals surface area contributed by atoms with E-state index in [1.165, 1.54) is 19.3 Å². The highest BCUT2D eigenvalue weighted by Crippen LogP contribution is 2.25. The third-order valence-corrected chi connectivity index (χ3v) is 2.63. The third kappa shape index (κ3) is 7.06. The Morgan fingerprint density at radius 2 is 1.85 bits per heavy atom. The van der Waals surface area contributed by atoms with Gasteiger partial charge in [-0.1, -0.05) is 41.0 Å².